The van der Waals surface area contributed by atoms with E-state index in [1.165, 1.54) is 0 Å². The lowest BCUT2D eigenvalue weighted by atomic mass is 10.00. The number of aliphatic carboxylic acids is 1. The smallest absolute Gasteiger partial charge is 0.303 e. The number of hydrogen-bond donors (Lipinski definition) is 3. The van der Waals surface area contributed by atoms with Crippen LogP contribution in [0.5, 0.6) is 0 Å². The third kappa shape index (κ3) is 4.02. The first kappa shape index (κ1) is 14.0. The fraction of sp³-hybridized carbons (Fsp3) is 0.500. The Labute approximate surface area is 112 Å². The number of hydrogen-bond acceptors (Lipinski definition) is 4. The minimum atomic E-state index is -0.890. The number of carbonyl (C=O) groups is 1. The summed E-state index contributed by atoms with van der Waals surface area (Å²) in [5.41, 5.74) is 1.87. The Morgan fingerprint density at radius 3 is 2.74 bits per heavy atom. The van der Waals surface area contributed by atoms with Crippen LogP contribution in [-0.4, -0.2) is 35.9 Å². The van der Waals surface area contributed by atoms with Gasteiger partial charge in [0.05, 0.1) is 25.4 Å². The predicted molar refractivity (Wildman–Crippen MR) is 69.8 cm³/mol. The van der Waals surface area contributed by atoms with E-state index < -0.39 is 12.1 Å². The molecule has 2 rings (SSSR count). The summed E-state index contributed by atoms with van der Waals surface area (Å²) in [7, 11) is 0. The molecule has 0 aliphatic carbocycles. The first-order valence-electron chi connectivity index (χ1n) is 6.47. The number of rotatable bonds is 5. The van der Waals surface area contributed by atoms with Gasteiger partial charge in [-0.25, -0.2) is 0 Å². The molecule has 104 valence electrons. The molecule has 0 bridgehead atoms. The first-order chi connectivity index (χ1) is 9.16. The average Bonchev–Trinajstić information content (AvgIpc) is 2.46. The summed E-state index contributed by atoms with van der Waals surface area (Å²) in [5.74, 6) is -0.890. The van der Waals surface area contributed by atoms with Gasteiger partial charge in [0.2, 0.25) is 0 Å². The van der Waals surface area contributed by atoms with Crippen molar-refractivity contribution in [3.05, 3.63) is 35.4 Å². The van der Waals surface area contributed by atoms with Crippen molar-refractivity contribution in [3.63, 3.8) is 0 Å². The van der Waals surface area contributed by atoms with Crippen LogP contribution < -0.4 is 5.32 Å². The second-order valence-corrected chi connectivity index (χ2v) is 4.70. The lowest BCUT2D eigenvalue weighted by molar-refractivity contribution is -0.137. The fourth-order valence-corrected chi connectivity index (χ4v) is 2.16. The highest BCUT2D eigenvalue weighted by atomic mass is 16.5. The lowest BCUT2D eigenvalue weighted by Gasteiger charge is -2.24. The number of carboxylic acids is 1. The molecule has 5 nitrogen and oxygen atoms in total. The number of nitrogens with one attached hydrogen (secondary N) is 1. The number of carboxylic acid groups (broad SMARTS) is 1. The summed E-state index contributed by atoms with van der Waals surface area (Å²) in [5, 5.41) is 21.8. The minimum Gasteiger partial charge on any atom is -0.481 e. The van der Waals surface area contributed by atoms with E-state index in [9.17, 15) is 9.90 Å². The molecule has 1 saturated heterocycles. The maximum Gasteiger partial charge on any atom is 0.303 e. The number of aliphatic hydroxyl groups excluding tert-OH is 1. The topological polar surface area (TPSA) is 78.8 Å². The predicted octanol–water partition coefficient (Wildman–Crippen LogP) is 1.25. The van der Waals surface area contributed by atoms with Crippen molar-refractivity contribution in [2.75, 3.05) is 19.8 Å². The molecular weight excluding hydrogens is 246 g/mol. The summed E-state index contributed by atoms with van der Waals surface area (Å²) in [4.78, 5) is 10.5. The number of morpholine rings is 1. The largest absolute Gasteiger partial charge is 0.481 e. The molecular formula is C14H19NO4. The standard InChI is InChI=1S/C14H19NO4/c16-13(5-6-14(17)18)11-3-1-10(2-4-11)12-9-19-8-7-15-12/h1-4,12-13,15-16H,5-9H2,(H,17,18). The van der Waals surface area contributed by atoms with Crippen LogP contribution in [0.2, 0.25) is 0 Å². The van der Waals surface area contributed by atoms with Crippen LogP contribution in [0.3, 0.4) is 0 Å². The quantitative estimate of drug-likeness (QED) is 0.746. The summed E-state index contributed by atoms with van der Waals surface area (Å²) in [6, 6.07) is 7.78. The number of ether oxygens (including phenoxy) is 1. The van der Waals surface area contributed by atoms with Crippen molar-refractivity contribution in [2.45, 2.75) is 25.0 Å². The monoisotopic (exact) mass is 265 g/mol. The first-order valence-corrected chi connectivity index (χ1v) is 6.47. The maximum absolute atomic E-state index is 10.5. The fourth-order valence-electron chi connectivity index (χ4n) is 2.16. The van der Waals surface area contributed by atoms with Gasteiger partial charge < -0.3 is 20.3 Å². The highest BCUT2D eigenvalue weighted by Crippen LogP contribution is 2.22. The highest BCUT2D eigenvalue weighted by Gasteiger charge is 2.16. The molecule has 3 N–H and O–H groups in total. The third-order valence-electron chi connectivity index (χ3n) is 3.28. The van der Waals surface area contributed by atoms with Gasteiger partial charge in [0.1, 0.15) is 0 Å². The second kappa shape index (κ2) is 6.65. The van der Waals surface area contributed by atoms with E-state index in [2.05, 4.69) is 5.32 Å². The van der Waals surface area contributed by atoms with Gasteiger partial charge in [-0.2, -0.15) is 0 Å². The van der Waals surface area contributed by atoms with Crippen LogP contribution in [0.15, 0.2) is 24.3 Å². The molecule has 1 aromatic rings. The molecule has 0 radical (unpaired) electrons. The lowest BCUT2D eigenvalue weighted by Crippen LogP contribution is -2.34. The van der Waals surface area contributed by atoms with Crippen LogP contribution in [0.4, 0.5) is 0 Å². The Hall–Kier alpha value is -1.43. The molecule has 2 atom stereocenters. The van der Waals surface area contributed by atoms with Gasteiger partial charge in [-0.1, -0.05) is 24.3 Å². The zero-order chi connectivity index (χ0) is 13.7. The van der Waals surface area contributed by atoms with Crippen molar-refractivity contribution in [1.29, 1.82) is 0 Å². The number of aliphatic hydroxyl groups is 1. The van der Waals surface area contributed by atoms with Crippen molar-refractivity contribution < 1.29 is 19.7 Å². The van der Waals surface area contributed by atoms with Crippen LogP contribution >= 0.6 is 0 Å². The molecule has 1 heterocycles. The van der Waals surface area contributed by atoms with Gasteiger partial charge >= 0.3 is 5.97 Å². The van der Waals surface area contributed by atoms with E-state index >= 15 is 0 Å². The van der Waals surface area contributed by atoms with Crippen LogP contribution in [-0.2, 0) is 9.53 Å². The molecule has 1 fully saturated rings. The van der Waals surface area contributed by atoms with Gasteiger partial charge in [-0.3, -0.25) is 4.79 Å². The van der Waals surface area contributed by atoms with Gasteiger partial charge in [0.25, 0.3) is 0 Å². The average molecular weight is 265 g/mol. The van der Waals surface area contributed by atoms with Crippen molar-refractivity contribution in [3.8, 4) is 0 Å². The Bertz CT molecular complexity index is 412. The van der Waals surface area contributed by atoms with Crippen LogP contribution in [0, 0.1) is 0 Å². The van der Waals surface area contributed by atoms with Gasteiger partial charge in [0.15, 0.2) is 0 Å². The molecule has 5 heteroatoms. The molecule has 19 heavy (non-hydrogen) atoms. The van der Waals surface area contributed by atoms with Gasteiger partial charge in [0, 0.05) is 13.0 Å². The molecule has 2 unspecified atom stereocenters. The van der Waals surface area contributed by atoms with E-state index in [0.717, 1.165) is 24.3 Å². The number of benzene rings is 1. The highest BCUT2D eigenvalue weighted by molar-refractivity contribution is 5.66. The maximum atomic E-state index is 10.5. The normalized spacial score (nSPS) is 21.0. The molecule has 0 spiro atoms. The van der Waals surface area contributed by atoms with Crippen molar-refractivity contribution in [1.82, 2.24) is 5.32 Å². The van der Waals surface area contributed by atoms with E-state index in [-0.39, 0.29) is 18.9 Å². The summed E-state index contributed by atoms with van der Waals surface area (Å²) < 4.78 is 5.40. The molecule has 1 aliphatic heterocycles. The Morgan fingerprint density at radius 1 is 1.42 bits per heavy atom. The van der Waals surface area contributed by atoms with E-state index in [4.69, 9.17) is 9.84 Å². The Morgan fingerprint density at radius 2 is 2.16 bits per heavy atom. The Kier molecular flexibility index (Phi) is 4.90. The summed E-state index contributed by atoms with van der Waals surface area (Å²) >= 11 is 0. The Balaban J connectivity index is 1.95. The second-order valence-electron chi connectivity index (χ2n) is 4.70. The molecule has 0 aromatic heterocycles. The van der Waals surface area contributed by atoms with Crippen LogP contribution in [0.1, 0.15) is 36.1 Å². The summed E-state index contributed by atoms with van der Waals surface area (Å²) in [6.07, 6.45) is -0.513. The van der Waals surface area contributed by atoms with E-state index in [1.807, 2.05) is 24.3 Å². The summed E-state index contributed by atoms with van der Waals surface area (Å²) in [6.45, 7) is 2.23. The van der Waals surface area contributed by atoms with E-state index in [0.29, 0.717) is 6.61 Å². The third-order valence-corrected chi connectivity index (χ3v) is 3.28. The van der Waals surface area contributed by atoms with Crippen LogP contribution in [0.25, 0.3) is 0 Å². The molecule has 0 amide bonds. The molecule has 1 aliphatic rings. The van der Waals surface area contributed by atoms with Gasteiger partial charge in [-0.05, 0) is 17.5 Å². The SMILES string of the molecule is O=C(O)CCC(O)c1ccc(C2COCCN2)cc1. The molecule has 1 aromatic carbocycles. The van der Waals surface area contributed by atoms with Crippen molar-refractivity contribution >= 4 is 5.97 Å². The van der Waals surface area contributed by atoms with E-state index in [1.54, 1.807) is 0 Å². The van der Waals surface area contributed by atoms with Crippen molar-refractivity contribution in [2.24, 2.45) is 0 Å². The van der Waals surface area contributed by atoms with Gasteiger partial charge in [-0.15, -0.1) is 0 Å². The molecule has 0 saturated carbocycles. The minimum absolute atomic E-state index is 0.0268. The zero-order valence-electron chi connectivity index (χ0n) is 10.7. The zero-order valence-corrected chi connectivity index (χ0v) is 10.7.